The van der Waals surface area contributed by atoms with E-state index >= 15 is 0 Å². The van der Waals surface area contributed by atoms with Crippen molar-refractivity contribution < 1.29 is 8.42 Å². The topological polar surface area (TPSA) is 109 Å². The number of hydrogen-bond donors (Lipinski definition) is 2. The molecule has 1 aromatic carbocycles. The SMILES string of the molecule is CCc1ccc(NS(=O)(=O)c2cccnc2C#N)cc1N. The number of hydrogen-bond acceptors (Lipinski definition) is 5. The normalized spacial score (nSPS) is 10.9. The monoisotopic (exact) mass is 302 g/mol. The first-order chi connectivity index (χ1) is 9.97. The number of rotatable bonds is 4. The summed E-state index contributed by atoms with van der Waals surface area (Å²) >= 11 is 0. The van der Waals surface area contributed by atoms with Gasteiger partial charge in [0.1, 0.15) is 11.0 Å². The molecule has 0 spiro atoms. The number of aromatic nitrogens is 1. The summed E-state index contributed by atoms with van der Waals surface area (Å²) in [5, 5.41) is 8.94. The first-order valence-electron chi connectivity index (χ1n) is 6.24. The van der Waals surface area contributed by atoms with E-state index in [1.54, 1.807) is 24.3 Å². The molecule has 2 rings (SSSR count). The van der Waals surface area contributed by atoms with Gasteiger partial charge in [-0.3, -0.25) is 4.72 Å². The Hall–Kier alpha value is -2.59. The van der Waals surface area contributed by atoms with Gasteiger partial charge in [0.25, 0.3) is 10.0 Å². The van der Waals surface area contributed by atoms with E-state index in [1.807, 2.05) is 6.92 Å². The third-order valence-corrected chi connectivity index (χ3v) is 4.36. The van der Waals surface area contributed by atoms with Crippen LogP contribution in [0.2, 0.25) is 0 Å². The van der Waals surface area contributed by atoms with E-state index in [0.717, 1.165) is 12.0 Å². The molecule has 6 nitrogen and oxygen atoms in total. The van der Waals surface area contributed by atoms with Crippen molar-refractivity contribution in [2.24, 2.45) is 0 Å². The molecule has 0 bridgehead atoms. The van der Waals surface area contributed by atoms with Gasteiger partial charge in [-0.15, -0.1) is 0 Å². The number of anilines is 2. The maximum Gasteiger partial charge on any atom is 0.264 e. The van der Waals surface area contributed by atoms with Crippen LogP contribution in [0.5, 0.6) is 0 Å². The Morgan fingerprint density at radius 1 is 1.38 bits per heavy atom. The molecule has 0 saturated heterocycles. The Morgan fingerprint density at radius 3 is 2.76 bits per heavy atom. The molecule has 2 aromatic rings. The zero-order valence-corrected chi connectivity index (χ0v) is 12.2. The van der Waals surface area contributed by atoms with Crippen LogP contribution in [0.4, 0.5) is 11.4 Å². The van der Waals surface area contributed by atoms with Gasteiger partial charge in [-0.05, 0) is 36.2 Å². The van der Waals surface area contributed by atoms with Crippen LogP contribution in [0.1, 0.15) is 18.2 Å². The number of sulfonamides is 1. The molecule has 7 heteroatoms. The smallest absolute Gasteiger partial charge is 0.264 e. The predicted octanol–water partition coefficient (Wildman–Crippen LogP) is 1.90. The molecule has 0 aliphatic carbocycles. The third-order valence-electron chi connectivity index (χ3n) is 2.95. The Balaban J connectivity index is 2.38. The minimum absolute atomic E-state index is 0.150. The average molecular weight is 302 g/mol. The zero-order valence-electron chi connectivity index (χ0n) is 11.4. The molecule has 0 saturated carbocycles. The molecule has 108 valence electrons. The summed E-state index contributed by atoms with van der Waals surface area (Å²) in [5.41, 5.74) is 7.50. The highest BCUT2D eigenvalue weighted by molar-refractivity contribution is 7.92. The van der Waals surface area contributed by atoms with Gasteiger partial charge < -0.3 is 5.73 Å². The quantitative estimate of drug-likeness (QED) is 0.838. The lowest BCUT2D eigenvalue weighted by Crippen LogP contribution is -2.15. The van der Waals surface area contributed by atoms with Crippen molar-refractivity contribution >= 4 is 21.4 Å². The van der Waals surface area contributed by atoms with Crippen LogP contribution in [0.3, 0.4) is 0 Å². The van der Waals surface area contributed by atoms with Crippen molar-refractivity contribution in [2.45, 2.75) is 18.2 Å². The molecule has 3 N–H and O–H groups in total. The molecule has 0 unspecified atom stereocenters. The molecule has 0 aliphatic heterocycles. The van der Waals surface area contributed by atoms with Gasteiger partial charge in [0.2, 0.25) is 0 Å². The Bertz CT molecular complexity index is 810. The summed E-state index contributed by atoms with van der Waals surface area (Å²) in [6.07, 6.45) is 2.13. The number of pyridine rings is 1. The molecule has 1 aromatic heterocycles. The molecular formula is C14H14N4O2S. The van der Waals surface area contributed by atoms with Gasteiger partial charge in [0.15, 0.2) is 5.69 Å². The fraction of sp³-hybridized carbons (Fsp3) is 0.143. The Kier molecular flexibility index (Phi) is 4.10. The second kappa shape index (κ2) is 5.81. The predicted molar refractivity (Wildman–Crippen MR) is 80.0 cm³/mol. The zero-order chi connectivity index (χ0) is 15.5. The van der Waals surface area contributed by atoms with Crippen LogP contribution in [-0.2, 0) is 16.4 Å². The lowest BCUT2D eigenvalue weighted by atomic mass is 10.1. The third kappa shape index (κ3) is 3.12. The van der Waals surface area contributed by atoms with E-state index in [-0.39, 0.29) is 10.6 Å². The second-order valence-electron chi connectivity index (χ2n) is 4.33. The van der Waals surface area contributed by atoms with Gasteiger partial charge in [-0.2, -0.15) is 5.26 Å². The van der Waals surface area contributed by atoms with Crippen LogP contribution >= 0.6 is 0 Å². The van der Waals surface area contributed by atoms with Gasteiger partial charge >= 0.3 is 0 Å². The number of nitrogens with one attached hydrogen (secondary N) is 1. The fourth-order valence-electron chi connectivity index (χ4n) is 1.88. The molecule has 21 heavy (non-hydrogen) atoms. The van der Waals surface area contributed by atoms with Crippen molar-refractivity contribution in [2.75, 3.05) is 10.5 Å². The number of nitrogens with zero attached hydrogens (tertiary/aromatic N) is 2. The van der Waals surface area contributed by atoms with E-state index in [4.69, 9.17) is 11.0 Å². The van der Waals surface area contributed by atoms with E-state index in [0.29, 0.717) is 11.4 Å². The Labute approximate surface area is 123 Å². The van der Waals surface area contributed by atoms with Crippen molar-refractivity contribution in [3.05, 3.63) is 47.8 Å². The van der Waals surface area contributed by atoms with Crippen LogP contribution in [0, 0.1) is 11.3 Å². The van der Waals surface area contributed by atoms with Crippen molar-refractivity contribution in [3.63, 3.8) is 0 Å². The molecule has 0 radical (unpaired) electrons. The van der Waals surface area contributed by atoms with Crippen molar-refractivity contribution in [1.29, 1.82) is 5.26 Å². The summed E-state index contributed by atoms with van der Waals surface area (Å²) in [6, 6.07) is 9.51. The summed E-state index contributed by atoms with van der Waals surface area (Å²) in [6.45, 7) is 1.96. The van der Waals surface area contributed by atoms with Crippen molar-refractivity contribution in [3.8, 4) is 6.07 Å². The summed E-state index contributed by atoms with van der Waals surface area (Å²) < 4.78 is 27.0. The minimum Gasteiger partial charge on any atom is -0.398 e. The van der Waals surface area contributed by atoms with Crippen LogP contribution < -0.4 is 10.5 Å². The van der Waals surface area contributed by atoms with Gasteiger partial charge in [0, 0.05) is 11.9 Å². The second-order valence-corrected chi connectivity index (χ2v) is 5.99. The fourth-order valence-corrected chi connectivity index (χ4v) is 3.04. The first kappa shape index (κ1) is 14.8. The molecular weight excluding hydrogens is 288 g/mol. The highest BCUT2D eigenvalue weighted by Crippen LogP contribution is 2.22. The van der Waals surface area contributed by atoms with E-state index in [2.05, 4.69) is 9.71 Å². The number of benzene rings is 1. The molecule has 1 heterocycles. The van der Waals surface area contributed by atoms with Crippen LogP contribution in [0.15, 0.2) is 41.4 Å². The molecule has 0 fully saturated rings. The molecule has 0 aliphatic rings. The van der Waals surface area contributed by atoms with E-state index in [9.17, 15) is 8.42 Å². The first-order valence-corrected chi connectivity index (χ1v) is 7.72. The standard InChI is InChI=1S/C14H14N4O2S/c1-2-10-5-6-11(8-12(10)16)18-21(19,20)14-4-3-7-17-13(14)9-15/h3-8,18H,2,16H2,1H3. The number of aryl methyl sites for hydroxylation is 1. The number of nitrogen functional groups attached to an aromatic ring is 1. The minimum atomic E-state index is -3.88. The number of nitriles is 1. The van der Waals surface area contributed by atoms with E-state index in [1.165, 1.54) is 18.3 Å². The molecule has 0 amide bonds. The maximum atomic E-state index is 12.3. The van der Waals surface area contributed by atoms with Crippen molar-refractivity contribution in [1.82, 2.24) is 4.98 Å². The lowest BCUT2D eigenvalue weighted by molar-refractivity contribution is 0.600. The average Bonchev–Trinajstić information content (AvgIpc) is 2.47. The van der Waals surface area contributed by atoms with Crippen LogP contribution in [0.25, 0.3) is 0 Å². The highest BCUT2D eigenvalue weighted by Gasteiger charge is 2.19. The van der Waals surface area contributed by atoms with E-state index < -0.39 is 10.0 Å². The summed E-state index contributed by atoms with van der Waals surface area (Å²) in [5.74, 6) is 0. The molecule has 0 atom stereocenters. The summed E-state index contributed by atoms with van der Waals surface area (Å²) in [4.78, 5) is 3.58. The van der Waals surface area contributed by atoms with Gasteiger partial charge in [0.05, 0.1) is 5.69 Å². The highest BCUT2D eigenvalue weighted by atomic mass is 32.2. The van der Waals surface area contributed by atoms with Gasteiger partial charge in [-0.1, -0.05) is 13.0 Å². The lowest BCUT2D eigenvalue weighted by Gasteiger charge is -2.10. The Morgan fingerprint density at radius 2 is 2.14 bits per heavy atom. The van der Waals surface area contributed by atoms with Crippen LogP contribution in [-0.4, -0.2) is 13.4 Å². The van der Waals surface area contributed by atoms with Gasteiger partial charge in [-0.25, -0.2) is 13.4 Å². The largest absolute Gasteiger partial charge is 0.398 e. The number of nitrogens with two attached hydrogens (primary N) is 1. The summed E-state index contributed by atoms with van der Waals surface area (Å²) in [7, 11) is -3.88. The maximum absolute atomic E-state index is 12.3.